The number of carbonyl (C=O) groups is 2. The van der Waals surface area contributed by atoms with E-state index in [1.54, 1.807) is 26.2 Å². The second-order valence-electron chi connectivity index (χ2n) is 6.20. The zero-order valence-corrected chi connectivity index (χ0v) is 16.1. The number of nitrogens with one attached hydrogen (secondary N) is 1. The molecule has 0 atom stereocenters. The zero-order chi connectivity index (χ0) is 20.0. The van der Waals surface area contributed by atoms with Crippen LogP contribution in [-0.4, -0.2) is 37.9 Å². The third kappa shape index (κ3) is 4.99. The van der Waals surface area contributed by atoms with E-state index in [1.165, 1.54) is 7.11 Å². The molecule has 0 fully saturated rings. The average molecular weight is 376 g/mol. The molecule has 0 saturated heterocycles. The standard InChI is InChI=1S/C19H24N2O6/c1-11(2)18-17(12(3)21-27-18)19(23)26-10-16(22)20-9-13-6-7-14(24-4)15(8-13)25-5/h6-8,11H,9-10H2,1-5H3,(H,20,22). The number of amides is 1. The van der Waals surface area contributed by atoms with Crippen LogP contribution < -0.4 is 14.8 Å². The molecule has 0 saturated carbocycles. The van der Waals surface area contributed by atoms with Crippen LogP contribution in [0.1, 0.15) is 47.1 Å². The Bertz CT molecular complexity index is 813. The van der Waals surface area contributed by atoms with Crippen LogP contribution in [0.4, 0.5) is 0 Å². The van der Waals surface area contributed by atoms with Crippen LogP contribution >= 0.6 is 0 Å². The van der Waals surface area contributed by atoms with Crippen LogP contribution in [-0.2, 0) is 16.1 Å². The van der Waals surface area contributed by atoms with Crippen LogP contribution in [0.3, 0.4) is 0 Å². The lowest BCUT2D eigenvalue weighted by molar-refractivity contribution is -0.124. The summed E-state index contributed by atoms with van der Waals surface area (Å²) in [6, 6.07) is 5.33. The lowest BCUT2D eigenvalue weighted by Crippen LogP contribution is -2.28. The summed E-state index contributed by atoms with van der Waals surface area (Å²) in [6.45, 7) is 5.29. The molecule has 2 rings (SSSR count). The van der Waals surface area contributed by atoms with E-state index in [1.807, 2.05) is 19.9 Å². The van der Waals surface area contributed by atoms with Crippen molar-refractivity contribution < 1.29 is 28.3 Å². The van der Waals surface area contributed by atoms with E-state index in [0.717, 1.165) is 5.56 Å². The van der Waals surface area contributed by atoms with E-state index in [0.29, 0.717) is 23.0 Å². The largest absolute Gasteiger partial charge is 0.493 e. The molecule has 27 heavy (non-hydrogen) atoms. The number of rotatable bonds is 8. The van der Waals surface area contributed by atoms with Crippen molar-refractivity contribution >= 4 is 11.9 Å². The van der Waals surface area contributed by atoms with Crippen molar-refractivity contribution in [1.82, 2.24) is 10.5 Å². The predicted molar refractivity (Wildman–Crippen MR) is 97.0 cm³/mol. The Morgan fingerprint density at radius 1 is 1.19 bits per heavy atom. The molecule has 1 aromatic heterocycles. The van der Waals surface area contributed by atoms with Crippen molar-refractivity contribution in [3.05, 3.63) is 40.8 Å². The molecular weight excluding hydrogens is 352 g/mol. The van der Waals surface area contributed by atoms with Gasteiger partial charge in [-0.3, -0.25) is 4.79 Å². The lowest BCUT2D eigenvalue weighted by Gasteiger charge is -2.11. The number of aryl methyl sites for hydroxylation is 1. The molecule has 1 amide bonds. The van der Waals surface area contributed by atoms with E-state index >= 15 is 0 Å². The molecule has 0 spiro atoms. The van der Waals surface area contributed by atoms with Gasteiger partial charge in [-0.2, -0.15) is 0 Å². The summed E-state index contributed by atoms with van der Waals surface area (Å²) >= 11 is 0. The Morgan fingerprint density at radius 2 is 1.89 bits per heavy atom. The molecule has 2 aromatic rings. The highest BCUT2D eigenvalue weighted by Crippen LogP contribution is 2.27. The molecular formula is C19H24N2O6. The van der Waals surface area contributed by atoms with Crippen LogP contribution in [0, 0.1) is 6.92 Å². The number of methoxy groups -OCH3 is 2. The van der Waals surface area contributed by atoms with Gasteiger partial charge in [0.2, 0.25) is 0 Å². The fourth-order valence-electron chi connectivity index (χ4n) is 2.48. The van der Waals surface area contributed by atoms with Crippen molar-refractivity contribution in [2.75, 3.05) is 20.8 Å². The highest BCUT2D eigenvalue weighted by Gasteiger charge is 2.24. The molecule has 0 aliphatic heterocycles. The number of hydrogen-bond donors (Lipinski definition) is 1. The Kier molecular flexibility index (Phi) is 6.81. The molecule has 1 N–H and O–H groups in total. The van der Waals surface area contributed by atoms with Gasteiger partial charge in [0.1, 0.15) is 5.56 Å². The Labute approximate surface area is 157 Å². The maximum atomic E-state index is 12.3. The SMILES string of the molecule is COc1ccc(CNC(=O)COC(=O)c2c(C)noc2C(C)C)cc1OC. The molecule has 0 aliphatic rings. The van der Waals surface area contributed by atoms with Crippen LogP contribution in [0.15, 0.2) is 22.7 Å². The van der Waals surface area contributed by atoms with Crippen molar-refractivity contribution in [3.63, 3.8) is 0 Å². The summed E-state index contributed by atoms with van der Waals surface area (Å²) in [6.07, 6.45) is 0. The molecule has 0 unspecified atom stereocenters. The van der Waals surface area contributed by atoms with Gasteiger partial charge in [-0.25, -0.2) is 4.79 Å². The van der Waals surface area contributed by atoms with Crippen LogP contribution in [0.5, 0.6) is 11.5 Å². The van der Waals surface area contributed by atoms with E-state index in [4.69, 9.17) is 18.7 Å². The second kappa shape index (κ2) is 9.07. The highest BCUT2D eigenvalue weighted by atomic mass is 16.5. The predicted octanol–water partition coefficient (Wildman–Crippen LogP) is 2.60. The summed E-state index contributed by atoms with van der Waals surface area (Å²) < 4.78 is 20.6. The number of hydrogen-bond acceptors (Lipinski definition) is 7. The molecule has 8 nitrogen and oxygen atoms in total. The maximum Gasteiger partial charge on any atom is 0.344 e. The number of ether oxygens (including phenoxy) is 3. The Hall–Kier alpha value is -3.03. The lowest BCUT2D eigenvalue weighted by atomic mass is 10.1. The van der Waals surface area contributed by atoms with Crippen molar-refractivity contribution in [1.29, 1.82) is 0 Å². The number of nitrogens with zero attached hydrogens (tertiary/aromatic N) is 1. The normalized spacial score (nSPS) is 10.6. The number of esters is 1. The Balaban J connectivity index is 1.90. The van der Waals surface area contributed by atoms with Gasteiger partial charge in [0, 0.05) is 12.5 Å². The third-order valence-electron chi connectivity index (χ3n) is 3.89. The Morgan fingerprint density at radius 3 is 2.52 bits per heavy atom. The second-order valence-corrected chi connectivity index (χ2v) is 6.20. The van der Waals surface area contributed by atoms with Crippen LogP contribution in [0.25, 0.3) is 0 Å². The van der Waals surface area contributed by atoms with Crippen molar-refractivity contribution in [3.8, 4) is 11.5 Å². The molecule has 8 heteroatoms. The summed E-state index contributed by atoms with van der Waals surface area (Å²) in [4.78, 5) is 24.2. The van der Waals surface area contributed by atoms with Gasteiger partial charge in [-0.1, -0.05) is 25.1 Å². The summed E-state index contributed by atoms with van der Waals surface area (Å²) in [5, 5.41) is 6.48. The maximum absolute atomic E-state index is 12.3. The quantitative estimate of drug-likeness (QED) is 0.707. The minimum atomic E-state index is -0.626. The zero-order valence-electron chi connectivity index (χ0n) is 16.1. The van der Waals surface area contributed by atoms with Gasteiger partial charge in [0.15, 0.2) is 23.9 Å². The van der Waals surface area contributed by atoms with Gasteiger partial charge < -0.3 is 24.1 Å². The molecule has 0 bridgehead atoms. The van der Waals surface area contributed by atoms with E-state index in [-0.39, 0.29) is 18.0 Å². The van der Waals surface area contributed by atoms with Gasteiger partial charge in [-0.05, 0) is 24.6 Å². The molecule has 1 aromatic carbocycles. The summed E-state index contributed by atoms with van der Waals surface area (Å²) in [5.41, 5.74) is 1.54. The molecule has 0 radical (unpaired) electrons. The highest BCUT2D eigenvalue weighted by molar-refractivity contribution is 5.93. The summed E-state index contributed by atoms with van der Waals surface area (Å²) in [7, 11) is 3.09. The first-order valence-electron chi connectivity index (χ1n) is 8.48. The first-order valence-corrected chi connectivity index (χ1v) is 8.48. The number of aromatic nitrogens is 1. The molecule has 146 valence electrons. The topological polar surface area (TPSA) is 99.9 Å². The minimum absolute atomic E-state index is 0.0207. The summed E-state index contributed by atoms with van der Waals surface area (Å²) in [5.74, 6) is 0.555. The third-order valence-corrected chi connectivity index (χ3v) is 3.89. The van der Waals surface area contributed by atoms with E-state index < -0.39 is 18.5 Å². The fourth-order valence-corrected chi connectivity index (χ4v) is 2.48. The number of benzene rings is 1. The first kappa shape index (κ1) is 20.3. The number of carbonyl (C=O) groups excluding carboxylic acids is 2. The smallest absolute Gasteiger partial charge is 0.344 e. The fraction of sp³-hybridized carbons (Fsp3) is 0.421. The first-order chi connectivity index (χ1) is 12.9. The van der Waals surface area contributed by atoms with Crippen molar-refractivity contribution in [2.24, 2.45) is 0 Å². The van der Waals surface area contributed by atoms with Crippen molar-refractivity contribution in [2.45, 2.75) is 33.2 Å². The van der Waals surface area contributed by atoms with Gasteiger partial charge >= 0.3 is 5.97 Å². The monoisotopic (exact) mass is 376 g/mol. The van der Waals surface area contributed by atoms with Gasteiger partial charge in [0.25, 0.3) is 5.91 Å². The van der Waals surface area contributed by atoms with Crippen LogP contribution in [0.2, 0.25) is 0 Å². The molecule has 0 aliphatic carbocycles. The average Bonchev–Trinajstić information content (AvgIpc) is 3.05. The minimum Gasteiger partial charge on any atom is -0.493 e. The van der Waals surface area contributed by atoms with Gasteiger partial charge in [-0.15, -0.1) is 0 Å². The van der Waals surface area contributed by atoms with Gasteiger partial charge in [0.05, 0.1) is 19.9 Å². The molecule has 1 heterocycles. The van der Waals surface area contributed by atoms with E-state index in [9.17, 15) is 9.59 Å². The van der Waals surface area contributed by atoms with E-state index in [2.05, 4.69) is 10.5 Å².